The van der Waals surface area contributed by atoms with Gasteiger partial charge in [-0.2, -0.15) is 0 Å². The van der Waals surface area contributed by atoms with Crippen LogP contribution in [-0.4, -0.2) is 60.3 Å². The summed E-state index contributed by atoms with van der Waals surface area (Å²) in [5.74, 6) is -1.73. The molecule has 208 valence electrons. The van der Waals surface area contributed by atoms with Crippen LogP contribution in [0.3, 0.4) is 0 Å². The Kier molecular flexibility index (Phi) is 8.45. The molecule has 8 nitrogen and oxygen atoms in total. The van der Waals surface area contributed by atoms with Gasteiger partial charge in [0.2, 0.25) is 5.91 Å². The number of fused-ring (bicyclic) bond motifs is 3. The molecule has 5 rings (SSSR count). The first-order valence-electron chi connectivity index (χ1n) is 13.8. The highest BCUT2D eigenvalue weighted by Gasteiger charge is 2.33. The fraction of sp³-hybridized carbons (Fsp3) is 0.344. The second-order valence-electron chi connectivity index (χ2n) is 10.8. The molecule has 0 spiro atoms. The molecule has 2 aliphatic rings. The summed E-state index contributed by atoms with van der Waals surface area (Å²) >= 11 is 0. The van der Waals surface area contributed by atoms with Crippen LogP contribution in [0.5, 0.6) is 0 Å². The molecule has 1 fully saturated rings. The van der Waals surface area contributed by atoms with Crippen molar-refractivity contribution in [1.29, 1.82) is 0 Å². The molecule has 3 atom stereocenters. The van der Waals surface area contributed by atoms with Crippen LogP contribution >= 0.6 is 0 Å². The van der Waals surface area contributed by atoms with Gasteiger partial charge in [0.05, 0.1) is 5.92 Å². The molecule has 1 saturated carbocycles. The number of carbonyl (C=O) groups excluding carboxylic acids is 2. The van der Waals surface area contributed by atoms with Gasteiger partial charge in [-0.1, -0.05) is 78.9 Å². The lowest BCUT2D eigenvalue weighted by molar-refractivity contribution is -0.141. The first-order chi connectivity index (χ1) is 19.4. The Morgan fingerprint density at radius 1 is 0.925 bits per heavy atom. The minimum atomic E-state index is -0.867. The molecule has 0 heterocycles. The van der Waals surface area contributed by atoms with E-state index in [9.17, 15) is 19.5 Å². The summed E-state index contributed by atoms with van der Waals surface area (Å²) in [7, 11) is 1.89. The van der Waals surface area contributed by atoms with Crippen molar-refractivity contribution in [3.05, 3.63) is 95.6 Å². The molecule has 3 N–H and O–H groups in total. The van der Waals surface area contributed by atoms with Crippen LogP contribution in [0.25, 0.3) is 11.1 Å². The summed E-state index contributed by atoms with van der Waals surface area (Å²) in [4.78, 5) is 39.7. The van der Waals surface area contributed by atoms with Crippen molar-refractivity contribution < 1.29 is 24.2 Å². The number of carboxylic acids is 1. The number of hydrogen-bond donors (Lipinski definition) is 3. The molecular weight excluding hydrogens is 506 g/mol. The third kappa shape index (κ3) is 6.34. The Bertz CT molecular complexity index is 1320. The average molecular weight is 542 g/mol. The molecule has 2 amide bonds. The SMILES string of the molecule is CN(Cc1ccccc1)CC(NC(=O)OCC1c2ccccc2-c2ccccc21)C(=O)N[C@@H]1CC[C@H](C(=O)O)C1. The Balaban J connectivity index is 1.24. The number of alkyl carbamates (subject to hydrolysis) is 1. The average Bonchev–Trinajstić information content (AvgIpc) is 3.55. The predicted octanol–water partition coefficient (Wildman–Crippen LogP) is 4.40. The second kappa shape index (κ2) is 12.3. The van der Waals surface area contributed by atoms with E-state index in [1.165, 1.54) is 0 Å². The number of aliphatic carboxylic acids is 1. The van der Waals surface area contributed by atoms with Crippen LogP contribution in [0.2, 0.25) is 0 Å². The number of carbonyl (C=O) groups is 3. The Morgan fingerprint density at radius 2 is 1.55 bits per heavy atom. The zero-order chi connectivity index (χ0) is 28.1. The number of carboxylic acid groups (broad SMARTS) is 1. The van der Waals surface area contributed by atoms with Gasteiger partial charge in [0.15, 0.2) is 0 Å². The number of amides is 2. The van der Waals surface area contributed by atoms with Crippen LogP contribution in [0.4, 0.5) is 4.79 Å². The van der Waals surface area contributed by atoms with Crippen molar-refractivity contribution >= 4 is 18.0 Å². The lowest BCUT2D eigenvalue weighted by atomic mass is 9.98. The number of ether oxygens (including phenoxy) is 1. The van der Waals surface area contributed by atoms with E-state index in [2.05, 4.69) is 34.9 Å². The highest BCUT2D eigenvalue weighted by Crippen LogP contribution is 2.44. The Labute approximate surface area is 234 Å². The molecule has 0 aliphatic heterocycles. The van der Waals surface area contributed by atoms with Gasteiger partial charge in [0.1, 0.15) is 12.6 Å². The molecule has 0 bridgehead atoms. The minimum absolute atomic E-state index is 0.0855. The summed E-state index contributed by atoms with van der Waals surface area (Å²) in [6.07, 6.45) is 0.849. The van der Waals surface area contributed by atoms with Gasteiger partial charge in [-0.15, -0.1) is 0 Å². The molecule has 40 heavy (non-hydrogen) atoms. The summed E-state index contributed by atoms with van der Waals surface area (Å²) in [5, 5.41) is 15.1. The van der Waals surface area contributed by atoms with Crippen molar-refractivity contribution in [3.8, 4) is 11.1 Å². The van der Waals surface area contributed by atoms with Crippen LogP contribution in [0.15, 0.2) is 78.9 Å². The number of likely N-dealkylation sites (N-methyl/N-ethyl adjacent to an activating group) is 1. The van der Waals surface area contributed by atoms with Crippen LogP contribution < -0.4 is 10.6 Å². The van der Waals surface area contributed by atoms with Crippen LogP contribution in [0, 0.1) is 5.92 Å². The topological polar surface area (TPSA) is 108 Å². The normalized spacial score (nSPS) is 18.6. The lowest BCUT2D eigenvalue weighted by Crippen LogP contribution is -2.53. The lowest BCUT2D eigenvalue weighted by Gasteiger charge is -2.26. The van der Waals surface area contributed by atoms with Crippen LogP contribution in [0.1, 0.15) is 41.9 Å². The smallest absolute Gasteiger partial charge is 0.407 e. The van der Waals surface area contributed by atoms with Crippen molar-refractivity contribution in [2.24, 2.45) is 5.92 Å². The van der Waals surface area contributed by atoms with Gasteiger partial charge < -0.3 is 20.5 Å². The van der Waals surface area contributed by atoms with E-state index in [-0.39, 0.29) is 31.0 Å². The van der Waals surface area contributed by atoms with E-state index in [1.807, 2.05) is 66.5 Å². The minimum Gasteiger partial charge on any atom is -0.481 e. The molecule has 0 saturated heterocycles. The summed E-state index contributed by atoms with van der Waals surface area (Å²) in [6, 6.07) is 25.0. The fourth-order valence-electron chi connectivity index (χ4n) is 5.89. The van der Waals surface area contributed by atoms with Gasteiger partial charge in [-0.3, -0.25) is 14.5 Å². The van der Waals surface area contributed by atoms with E-state index in [4.69, 9.17) is 4.74 Å². The van der Waals surface area contributed by atoms with Crippen molar-refractivity contribution in [3.63, 3.8) is 0 Å². The molecule has 2 aliphatic carbocycles. The highest BCUT2D eigenvalue weighted by atomic mass is 16.5. The van der Waals surface area contributed by atoms with Gasteiger partial charge in [0, 0.05) is 25.0 Å². The summed E-state index contributed by atoms with van der Waals surface area (Å²) in [5.41, 5.74) is 5.60. The maximum absolute atomic E-state index is 13.3. The third-order valence-corrected chi connectivity index (χ3v) is 7.87. The molecular formula is C32H35N3O5. The van der Waals surface area contributed by atoms with Crippen LogP contribution in [-0.2, 0) is 20.9 Å². The van der Waals surface area contributed by atoms with E-state index >= 15 is 0 Å². The standard InChI is InChI=1S/C32H35N3O5/c1-35(18-21-9-3-2-4-10-21)19-29(30(36)33-23-16-15-22(17-23)31(37)38)34-32(39)40-20-28-26-13-7-5-11-24(26)25-12-6-8-14-27(25)28/h2-14,22-23,28-29H,15-20H2,1H3,(H,33,36)(H,34,39)(H,37,38)/t22-,23+,29?/m0/s1. The van der Waals surface area contributed by atoms with Gasteiger partial charge >= 0.3 is 12.1 Å². The summed E-state index contributed by atoms with van der Waals surface area (Å²) in [6.45, 7) is 1.01. The fourth-order valence-corrected chi connectivity index (χ4v) is 5.89. The molecule has 8 heteroatoms. The van der Waals surface area contributed by atoms with Gasteiger partial charge in [-0.25, -0.2) is 4.79 Å². The van der Waals surface area contributed by atoms with E-state index in [0.29, 0.717) is 25.8 Å². The third-order valence-electron chi connectivity index (χ3n) is 7.87. The number of benzene rings is 3. The van der Waals surface area contributed by atoms with E-state index in [0.717, 1.165) is 27.8 Å². The van der Waals surface area contributed by atoms with Crippen molar-refractivity contribution in [1.82, 2.24) is 15.5 Å². The molecule has 0 aromatic heterocycles. The molecule has 3 aromatic carbocycles. The largest absolute Gasteiger partial charge is 0.481 e. The molecule has 3 aromatic rings. The van der Waals surface area contributed by atoms with E-state index in [1.54, 1.807) is 0 Å². The number of nitrogens with zero attached hydrogens (tertiary/aromatic N) is 1. The first kappa shape index (κ1) is 27.4. The summed E-state index contributed by atoms with van der Waals surface area (Å²) < 4.78 is 5.71. The molecule has 0 radical (unpaired) electrons. The van der Waals surface area contributed by atoms with Gasteiger partial charge in [0.25, 0.3) is 0 Å². The van der Waals surface area contributed by atoms with Gasteiger partial charge in [-0.05, 0) is 54.1 Å². The second-order valence-corrected chi connectivity index (χ2v) is 10.8. The van der Waals surface area contributed by atoms with Crippen molar-refractivity contribution in [2.75, 3.05) is 20.2 Å². The monoisotopic (exact) mass is 541 g/mol. The molecule has 1 unspecified atom stereocenters. The predicted molar refractivity (Wildman–Crippen MR) is 152 cm³/mol. The Hall–Kier alpha value is -4.17. The number of rotatable bonds is 10. The highest BCUT2D eigenvalue weighted by molar-refractivity contribution is 5.86. The van der Waals surface area contributed by atoms with E-state index < -0.39 is 24.0 Å². The van der Waals surface area contributed by atoms with Crippen molar-refractivity contribution in [2.45, 2.75) is 43.8 Å². The zero-order valence-corrected chi connectivity index (χ0v) is 22.6. The quantitative estimate of drug-likeness (QED) is 0.351. The number of nitrogens with one attached hydrogen (secondary N) is 2. The maximum atomic E-state index is 13.3. The first-order valence-corrected chi connectivity index (χ1v) is 13.8. The Morgan fingerprint density at radius 3 is 2.17 bits per heavy atom. The number of hydrogen-bond acceptors (Lipinski definition) is 5. The zero-order valence-electron chi connectivity index (χ0n) is 22.6. The maximum Gasteiger partial charge on any atom is 0.407 e.